The molecule has 0 aliphatic heterocycles. The summed E-state index contributed by atoms with van der Waals surface area (Å²) in [5, 5.41) is 4.51. The second-order valence-corrected chi connectivity index (χ2v) is 7.23. The lowest BCUT2D eigenvalue weighted by molar-refractivity contribution is -0.141. The quantitative estimate of drug-likeness (QED) is 0.684. The van der Waals surface area contributed by atoms with Crippen molar-refractivity contribution >= 4 is 22.4 Å². The number of halogens is 3. The SMILES string of the molecule is Cc1nc(C)c(CCn2c(=O)c3c(cnn3CC(F)(F)F)n(C)c2=O)s1. The summed E-state index contributed by atoms with van der Waals surface area (Å²) >= 11 is 1.46. The molecule has 11 heteroatoms. The molecule has 140 valence electrons. The maximum absolute atomic E-state index is 12.7. The molecule has 0 bridgehead atoms. The first-order valence-corrected chi connectivity index (χ1v) is 8.55. The summed E-state index contributed by atoms with van der Waals surface area (Å²) in [6.07, 6.45) is -3.03. The fourth-order valence-electron chi connectivity index (χ4n) is 2.85. The maximum atomic E-state index is 12.7. The van der Waals surface area contributed by atoms with Gasteiger partial charge in [0.15, 0.2) is 5.52 Å². The zero-order valence-electron chi connectivity index (χ0n) is 14.3. The molecule has 3 aromatic rings. The highest BCUT2D eigenvalue weighted by Gasteiger charge is 2.30. The Labute approximate surface area is 149 Å². The summed E-state index contributed by atoms with van der Waals surface area (Å²) < 4.78 is 40.9. The van der Waals surface area contributed by atoms with E-state index in [-0.39, 0.29) is 17.6 Å². The Morgan fingerprint density at radius 2 is 1.92 bits per heavy atom. The molecule has 0 spiro atoms. The molecular weight excluding hydrogens is 371 g/mol. The smallest absolute Gasteiger partial charge is 0.293 e. The standard InChI is InChI=1S/C15H16F3N5O2S/c1-8-11(26-9(2)20-8)4-5-22-13(24)12-10(21(3)14(22)25)6-19-23(12)7-15(16,17)18/h6H,4-5,7H2,1-3H3. The van der Waals surface area contributed by atoms with E-state index >= 15 is 0 Å². The third kappa shape index (κ3) is 3.30. The van der Waals surface area contributed by atoms with Crippen LogP contribution in [0.3, 0.4) is 0 Å². The Bertz CT molecular complexity index is 1090. The molecule has 3 aromatic heterocycles. The second-order valence-electron chi connectivity index (χ2n) is 5.94. The molecule has 0 saturated carbocycles. The Hall–Kier alpha value is -2.43. The molecule has 7 nitrogen and oxygen atoms in total. The zero-order valence-corrected chi connectivity index (χ0v) is 15.1. The van der Waals surface area contributed by atoms with Gasteiger partial charge in [0.1, 0.15) is 6.54 Å². The molecule has 0 amide bonds. The molecule has 0 aliphatic rings. The number of thiazole rings is 1. The molecule has 0 N–H and O–H groups in total. The summed E-state index contributed by atoms with van der Waals surface area (Å²) in [5.41, 5.74) is -0.704. The summed E-state index contributed by atoms with van der Waals surface area (Å²) in [6.45, 7) is 2.35. The van der Waals surface area contributed by atoms with Crippen LogP contribution >= 0.6 is 11.3 Å². The number of rotatable bonds is 4. The van der Waals surface area contributed by atoms with Crippen molar-refractivity contribution in [1.82, 2.24) is 23.9 Å². The average molecular weight is 387 g/mol. The number of aromatic nitrogens is 5. The van der Waals surface area contributed by atoms with Crippen molar-refractivity contribution in [1.29, 1.82) is 0 Å². The lowest BCUT2D eigenvalue weighted by Crippen LogP contribution is -2.40. The number of hydrogen-bond acceptors (Lipinski definition) is 5. The average Bonchev–Trinajstić information content (AvgIpc) is 3.06. The molecule has 0 saturated heterocycles. The topological polar surface area (TPSA) is 74.7 Å². The van der Waals surface area contributed by atoms with Crippen molar-refractivity contribution < 1.29 is 13.2 Å². The predicted molar refractivity (Wildman–Crippen MR) is 90.6 cm³/mol. The molecule has 3 heterocycles. The van der Waals surface area contributed by atoms with E-state index in [0.717, 1.165) is 30.9 Å². The number of nitrogens with zero attached hydrogens (tertiary/aromatic N) is 5. The molecule has 0 atom stereocenters. The first kappa shape index (κ1) is 18.4. The minimum absolute atomic E-state index is 0.0567. The van der Waals surface area contributed by atoms with Crippen LogP contribution in [0.15, 0.2) is 15.8 Å². The van der Waals surface area contributed by atoms with E-state index in [1.54, 1.807) is 0 Å². The van der Waals surface area contributed by atoms with E-state index in [4.69, 9.17) is 0 Å². The van der Waals surface area contributed by atoms with Gasteiger partial charge in [-0.1, -0.05) is 0 Å². The summed E-state index contributed by atoms with van der Waals surface area (Å²) in [6, 6.07) is 0. The van der Waals surface area contributed by atoms with E-state index in [9.17, 15) is 22.8 Å². The van der Waals surface area contributed by atoms with E-state index in [0.29, 0.717) is 11.1 Å². The van der Waals surface area contributed by atoms with Gasteiger partial charge in [0.25, 0.3) is 5.56 Å². The van der Waals surface area contributed by atoms with E-state index in [1.165, 1.54) is 18.4 Å². The number of alkyl halides is 3. The van der Waals surface area contributed by atoms with Crippen molar-refractivity contribution in [3.63, 3.8) is 0 Å². The van der Waals surface area contributed by atoms with Crippen molar-refractivity contribution in [3.8, 4) is 0 Å². The van der Waals surface area contributed by atoms with Crippen LogP contribution in [0.5, 0.6) is 0 Å². The number of fused-ring (bicyclic) bond motifs is 1. The van der Waals surface area contributed by atoms with E-state index in [1.807, 2.05) is 13.8 Å². The van der Waals surface area contributed by atoms with Crippen LogP contribution in [0.25, 0.3) is 11.0 Å². The number of hydrogen-bond donors (Lipinski definition) is 0. The van der Waals surface area contributed by atoms with Crippen LogP contribution < -0.4 is 11.2 Å². The minimum Gasteiger partial charge on any atom is -0.293 e. The summed E-state index contributed by atoms with van der Waals surface area (Å²) in [7, 11) is 1.41. The Balaban J connectivity index is 2.07. The molecular formula is C15H16F3N5O2S. The molecule has 26 heavy (non-hydrogen) atoms. The molecule has 0 fully saturated rings. The fourth-order valence-corrected chi connectivity index (χ4v) is 3.77. The van der Waals surface area contributed by atoms with Gasteiger partial charge in [0, 0.05) is 24.9 Å². The summed E-state index contributed by atoms with van der Waals surface area (Å²) in [4.78, 5) is 30.4. The first-order chi connectivity index (χ1) is 12.1. The van der Waals surface area contributed by atoms with Crippen LogP contribution in [0.2, 0.25) is 0 Å². The van der Waals surface area contributed by atoms with Crippen molar-refractivity contribution in [3.05, 3.63) is 42.6 Å². The van der Waals surface area contributed by atoms with E-state index < -0.39 is 24.0 Å². The normalized spacial score (nSPS) is 12.2. The monoisotopic (exact) mass is 387 g/mol. The Morgan fingerprint density at radius 3 is 2.50 bits per heavy atom. The van der Waals surface area contributed by atoms with Gasteiger partial charge in [-0.3, -0.25) is 13.9 Å². The number of aryl methyl sites for hydroxylation is 4. The van der Waals surface area contributed by atoms with Gasteiger partial charge in [-0.05, 0) is 13.8 Å². The van der Waals surface area contributed by atoms with Crippen LogP contribution in [0.1, 0.15) is 15.6 Å². The van der Waals surface area contributed by atoms with Crippen LogP contribution in [-0.2, 0) is 26.6 Å². The van der Waals surface area contributed by atoms with Gasteiger partial charge in [0.05, 0.1) is 22.4 Å². The molecule has 0 radical (unpaired) electrons. The van der Waals surface area contributed by atoms with Gasteiger partial charge in [-0.25, -0.2) is 14.5 Å². The first-order valence-electron chi connectivity index (χ1n) is 7.73. The Morgan fingerprint density at radius 1 is 1.23 bits per heavy atom. The molecule has 0 aliphatic carbocycles. The molecule has 3 rings (SSSR count). The Kier molecular flexibility index (Phi) is 4.51. The van der Waals surface area contributed by atoms with Crippen LogP contribution in [-0.4, -0.2) is 30.1 Å². The van der Waals surface area contributed by atoms with Crippen LogP contribution in [0, 0.1) is 13.8 Å². The largest absolute Gasteiger partial charge is 0.408 e. The van der Waals surface area contributed by atoms with Crippen LogP contribution in [0.4, 0.5) is 13.2 Å². The third-order valence-electron chi connectivity index (χ3n) is 4.04. The van der Waals surface area contributed by atoms with Gasteiger partial charge >= 0.3 is 11.9 Å². The molecule has 0 aromatic carbocycles. The van der Waals surface area contributed by atoms with Crippen molar-refractivity contribution in [2.75, 3.05) is 0 Å². The van der Waals surface area contributed by atoms with Gasteiger partial charge in [0.2, 0.25) is 0 Å². The summed E-state index contributed by atoms with van der Waals surface area (Å²) in [5.74, 6) is 0. The van der Waals surface area contributed by atoms with E-state index in [2.05, 4.69) is 10.1 Å². The predicted octanol–water partition coefficient (Wildman–Crippen LogP) is 1.78. The van der Waals surface area contributed by atoms with Gasteiger partial charge in [-0.2, -0.15) is 18.3 Å². The van der Waals surface area contributed by atoms with Crippen molar-refractivity contribution in [2.24, 2.45) is 7.05 Å². The fraction of sp³-hybridized carbons (Fsp3) is 0.467. The maximum Gasteiger partial charge on any atom is 0.408 e. The second kappa shape index (κ2) is 6.38. The lowest BCUT2D eigenvalue weighted by atomic mass is 10.3. The van der Waals surface area contributed by atoms with Crippen molar-refractivity contribution in [2.45, 2.75) is 39.5 Å². The van der Waals surface area contributed by atoms with Gasteiger partial charge in [-0.15, -0.1) is 11.3 Å². The minimum atomic E-state index is -4.53. The zero-order chi connectivity index (χ0) is 19.2. The highest BCUT2D eigenvalue weighted by atomic mass is 32.1. The highest BCUT2D eigenvalue weighted by molar-refractivity contribution is 7.11. The molecule has 0 unspecified atom stereocenters. The van der Waals surface area contributed by atoms with Gasteiger partial charge < -0.3 is 0 Å². The lowest BCUT2D eigenvalue weighted by Gasteiger charge is -2.10. The third-order valence-corrected chi connectivity index (χ3v) is 5.17. The highest BCUT2D eigenvalue weighted by Crippen LogP contribution is 2.20.